The number of benzene rings is 2. The molecular formula is C18H21BrN2O2. The van der Waals surface area contributed by atoms with Crippen LogP contribution >= 0.6 is 15.9 Å². The number of carbonyl (C=O) groups is 1. The van der Waals surface area contributed by atoms with Crippen molar-refractivity contribution in [2.45, 2.75) is 19.8 Å². The summed E-state index contributed by atoms with van der Waals surface area (Å²) in [7, 11) is 0. The quantitative estimate of drug-likeness (QED) is 0.713. The number of ether oxygens (including phenoxy) is 1. The van der Waals surface area contributed by atoms with Crippen LogP contribution in [-0.2, 0) is 0 Å². The first-order valence-electron chi connectivity index (χ1n) is 7.58. The molecule has 4 nitrogen and oxygen atoms in total. The Morgan fingerprint density at radius 2 is 1.74 bits per heavy atom. The predicted molar refractivity (Wildman–Crippen MR) is 97.2 cm³/mol. The Kier molecular flexibility index (Phi) is 6.47. The second-order valence-electron chi connectivity index (χ2n) is 5.46. The van der Waals surface area contributed by atoms with Gasteiger partial charge in [-0.3, -0.25) is 0 Å². The van der Waals surface area contributed by atoms with Crippen LogP contribution in [0.2, 0.25) is 0 Å². The molecule has 0 heterocycles. The molecule has 0 fully saturated rings. The summed E-state index contributed by atoms with van der Waals surface area (Å²) in [4.78, 5) is 11.8. The van der Waals surface area contributed by atoms with Gasteiger partial charge in [-0.05, 0) is 47.9 Å². The summed E-state index contributed by atoms with van der Waals surface area (Å²) in [5, 5.41) is 5.57. The van der Waals surface area contributed by atoms with Crippen molar-refractivity contribution in [3.05, 3.63) is 58.6 Å². The summed E-state index contributed by atoms with van der Waals surface area (Å²) >= 11 is 3.37. The molecule has 5 heteroatoms. The second kappa shape index (κ2) is 8.58. The van der Waals surface area contributed by atoms with Crippen LogP contribution in [0.4, 0.5) is 10.5 Å². The normalized spacial score (nSPS) is 10.4. The van der Waals surface area contributed by atoms with E-state index in [1.165, 1.54) is 5.56 Å². The minimum absolute atomic E-state index is 0.235. The zero-order valence-electron chi connectivity index (χ0n) is 13.3. The van der Waals surface area contributed by atoms with Crippen molar-refractivity contribution in [1.82, 2.24) is 5.32 Å². The monoisotopic (exact) mass is 376 g/mol. The third-order valence-corrected chi connectivity index (χ3v) is 3.83. The highest BCUT2D eigenvalue weighted by molar-refractivity contribution is 9.10. The molecule has 0 spiro atoms. The minimum atomic E-state index is -0.235. The lowest BCUT2D eigenvalue weighted by atomic mass is 10.0. The summed E-state index contributed by atoms with van der Waals surface area (Å²) in [6, 6.07) is 15.2. The first kappa shape index (κ1) is 17.3. The Hall–Kier alpha value is -2.01. The molecule has 2 aromatic rings. The molecule has 23 heavy (non-hydrogen) atoms. The molecule has 0 aliphatic carbocycles. The van der Waals surface area contributed by atoms with E-state index in [2.05, 4.69) is 40.4 Å². The number of rotatable bonds is 6. The van der Waals surface area contributed by atoms with Gasteiger partial charge in [0, 0.05) is 10.2 Å². The molecule has 0 aromatic heterocycles. The molecule has 2 rings (SSSR count). The fourth-order valence-electron chi connectivity index (χ4n) is 1.99. The first-order chi connectivity index (χ1) is 11.0. The van der Waals surface area contributed by atoms with Gasteiger partial charge in [-0.1, -0.05) is 41.9 Å². The first-order valence-corrected chi connectivity index (χ1v) is 8.37. The lowest BCUT2D eigenvalue weighted by Crippen LogP contribution is -2.32. The van der Waals surface area contributed by atoms with E-state index in [9.17, 15) is 4.79 Å². The summed E-state index contributed by atoms with van der Waals surface area (Å²) in [5.74, 6) is 1.26. The number of hydrogen-bond acceptors (Lipinski definition) is 2. The molecule has 0 bridgehead atoms. The molecule has 2 aromatic carbocycles. The fourth-order valence-corrected chi connectivity index (χ4v) is 2.26. The molecule has 0 saturated carbocycles. The lowest BCUT2D eigenvalue weighted by Gasteiger charge is -2.10. The van der Waals surface area contributed by atoms with Gasteiger partial charge in [0.1, 0.15) is 12.4 Å². The summed E-state index contributed by atoms with van der Waals surface area (Å²) in [6.07, 6.45) is 0. The number of amides is 2. The maximum Gasteiger partial charge on any atom is 0.319 e. The van der Waals surface area contributed by atoms with E-state index in [-0.39, 0.29) is 6.03 Å². The molecule has 0 radical (unpaired) electrons. The zero-order valence-corrected chi connectivity index (χ0v) is 14.9. The summed E-state index contributed by atoms with van der Waals surface area (Å²) in [5.41, 5.74) is 2.03. The summed E-state index contributed by atoms with van der Waals surface area (Å²) < 4.78 is 6.55. The molecule has 0 aliphatic rings. The van der Waals surface area contributed by atoms with Crippen molar-refractivity contribution < 1.29 is 9.53 Å². The number of carbonyl (C=O) groups excluding carboxylic acids is 1. The number of nitrogens with one attached hydrogen (secondary N) is 2. The van der Waals surface area contributed by atoms with Gasteiger partial charge in [-0.2, -0.15) is 0 Å². The second-order valence-corrected chi connectivity index (χ2v) is 6.38. The fraction of sp³-hybridized carbons (Fsp3) is 0.278. The van der Waals surface area contributed by atoms with Crippen molar-refractivity contribution in [3.8, 4) is 5.75 Å². The Labute approximate surface area is 145 Å². The third-order valence-electron chi connectivity index (χ3n) is 3.31. The molecule has 0 aliphatic heterocycles. The van der Waals surface area contributed by atoms with Gasteiger partial charge in [0.15, 0.2) is 0 Å². The molecule has 0 saturated heterocycles. The average Bonchev–Trinajstić information content (AvgIpc) is 2.54. The highest BCUT2D eigenvalue weighted by Gasteiger charge is 2.03. The van der Waals surface area contributed by atoms with Crippen LogP contribution in [0.25, 0.3) is 0 Å². The zero-order chi connectivity index (χ0) is 16.7. The minimum Gasteiger partial charge on any atom is -0.492 e. The maximum atomic E-state index is 11.8. The van der Waals surface area contributed by atoms with Gasteiger partial charge in [0.25, 0.3) is 0 Å². The largest absolute Gasteiger partial charge is 0.492 e. The van der Waals surface area contributed by atoms with Crippen LogP contribution in [0.3, 0.4) is 0 Å². The highest BCUT2D eigenvalue weighted by Crippen LogP contribution is 2.17. The van der Waals surface area contributed by atoms with Gasteiger partial charge in [-0.15, -0.1) is 0 Å². The van der Waals surface area contributed by atoms with Crippen molar-refractivity contribution in [2.24, 2.45) is 0 Å². The average molecular weight is 377 g/mol. The number of urea groups is 1. The Bertz CT molecular complexity index is 624. The van der Waals surface area contributed by atoms with Gasteiger partial charge >= 0.3 is 6.03 Å². The van der Waals surface area contributed by atoms with Crippen LogP contribution in [0.15, 0.2) is 53.0 Å². The van der Waals surface area contributed by atoms with Crippen molar-refractivity contribution in [3.63, 3.8) is 0 Å². The molecule has 0 unspecified atom stereocenters. The van der Waals surface area contributed by atoms with E-state index >= 15 is 0 Å². The number of anilines is 1. The SMILES string of the molecule is CC(C)c1ccc(NC(=O)NCCOc2ccc(Br)cc2)cc1. The number of hydrogen-bond donors (Lipinski definition) is 2. The van der Waals surface area contributed by atoms with Crippen LogP contribution in [0.5, 0.6) is 5.75 Å². The smallest absolute Gasteiger partial charge is 0.319 e. The molecular weight excluding hydrogens is 356 g/mol. The number of halogens is 1. The Morgan fingerprint density at radius 3 is 2.35 bits per heavy atom. The van der Waals surface area contributed by atoms with Gasteiger partial charge in [0.05, 0.1) is 6.54 Å². The standard InChI is InChI=1S/C18H21BrN2O2/c1-13(2)14-3-7-16(8-4-14)21-18(22)20-11-12-23-17-9-5-15(19)6-10-17/h3-10,13H,11-12H2,1-2H3,(H2,20,21,22). The van der Waals surface area contributed by atoms with Crippen LogP contribution in [0.1, 0.15) is 25.3 Å². The molecule has 122 valence electrons. The van der Waals surface area contributed by atoms with Gasteiger partial charge in [-0.25, -0.2) is 4.79 Å². The Morgan fingerprint density at radius 1 is 1.09 bits per heavy atom. The lowest BCUT2D eigenvalue weighted by molar-refractivity contribution is 0.247. The van der Waals surface area contributed by atoms with Crippen LogP contribution in [0, 0.1) is 0 Å². The molecule has 0 atom stereocenters. The van der Waals surface area contributed by atoms with E-state index in [4.69, 9.17) is 4.74 Å². The van der Waals surface area contributed by atoms with E-state index in [0.29, 0.717) is 19.1 Å². The van der Waals surface area contributed by atoms with Crippen LogP contribution in [-0.4, -0.2) is 19.2 Å². The van der Waals surface area contributed by atoms with E-state index in [1.54, 1.807) is 0 Å². The van der Waals surface area contributed by atoms with E-state index in [1.807, 2.05) is 48.5 Å². The molecule has 2 N–H and O–H groups in total. The van der Waals surface area contributed by atoms with Crippen molar-refractivity contribution >= 4 is 27.6 Å². The van der Waals surface area contributed by atoms with Crippen LogP contribution < -0.4 is 15.4 Å². The maximum absolute atomic E-state index is 11.8. The van der Waals surface area contributed by atoms with Crippen molar-refractivity contribution in [2.75, 3.05) is 18.5 Å². The van der Waals surface area contributed by atoms with E-state index < -0.39 is 0 Å². The predicted octanol–water partition coefficient (Wildman–Crippen LogP) is 4.77. The Balaban J connectivity index is 1.69. The van der Waals surface area contributed by atoms with Gasteiger partial charge < -0.3 is 15.4 Å². The third kappa shape index (κ3) is 5.94. The van der Waals surface area contributed by atoms with Gasteiger partial charge in [0.2, 0.25) is 0 Å². The topological polar surface area (TPSA) is 50.4 Å². The highest BCUT2D eigenvalue weighted by atomic mass is 79.9. The van der Waals surface area contributed by atoms with Crippen molar-refractivity contribution in [1.29, 1.82) is 0 Å². The molecule has 2 amide bonds. The van der Waals surface area contributed by atoms with E-state index in [0.717, 1.165) is 15.9 Å². The summed E-state index contributed by atoms with van der Waals surface area (Å²) in [6.45, 7) is 5.13.